The Morgan fingerprint density at radius 1 is 1.14 bits per heavy atom. The minimum absolute atomic E-state index is 0.127. The molecular formula is C23H25FN2O2. The van der Waals surface area contributed by atoms with E-state index in [0.717, 1.165) is 60.4 Å². The van der Waals surface area contributed by atoms with Gasteiger partial charge in [0, 0.05) is 24.8 Å². The number of rotatable bonds is 3. The fourth-order valence-electron chi connectivity index (χ4n) is 4.79. The van der Waals surface area contributed by atoms with Gasteiger partial charge in [-0.1, -0.05) is 30.7 Å². The first-order chi connectivity index (χ1) is 13.7. The monoisotopic (exact) mass is 380 g/mol. The van der Waals surface area contributed by atoms with E-state index in [1.54, 1.807) is 0 Å². The van der Waals surface area contributed by atoms with E-state index >= 15 is 0 Å². The summed E-state index contributed by atoms with van der Waals surface area (Å²) in [6, 6.07) is 12.9. The summed E-state index contributed by atoms with van der Waals surface area (Å²) in [4.78, 5) is 0. The van der Waals surface area contributed by atoms with E-state index in [9.17, 15) is 4.39 Å². The summed E-state index contributed by atoms with van der Waals surface area (Å²) in [6.45, 7) is 2.61. The second-order valence-corrected chi connectivity index (χ2v) is 7.83. The van der Waals surface area contributed by atoms with Crippen LogP contribution in [0.2, 0.25) is 0 Å². The largest absolute Gasteiger partial charge is 0.490 e. The zero-order chi connectivity index (χ0) is 19.1. The number of para-hydroxylation sites is 1. The van der Waals surface area contributed by atoms with Gasteiger partial charge in [0.1, 0.15) is 5.82 Å². The number of hydrogen-bond acceptors (Lipinski definition) is 4. The summed E-state index contributed by atoms with van der Waals surface area (Å²) in [6.07, 6.45) is 6.22. The van der Waals surface area contributed by atoms with Crippen molar-refractivity contribution in [1.82, 2.24) is 5.01 Å². The maximum atomic E-state index is 13.4. The van der Waals surface area contributed by atoms with Gasteiger partial charge >= 0.3 is 0 Å². The lowest BCUT2D eigenvalue weighted by atomic mass is 9.86. The lowest BCUT2D eigenvalue weighted by Crippen LogP contribution is -2.54. The van der Waals surface area contributed by atoms with E-state index in [-0.39, 0.29) is 11.9 Å². The topological polar surface area (TPSA) is 34.1 Å². The van der Waals surface area contributed by atoms with Gasteiger partial charge in [-0.3, -0.25) is 0 Å². The summed E-state index contributed by atoms with van der Waals surface area (Å²) >= 11 is 0. The molecule has 1 saturated carbocycles. The fourth-order valence-corrected chi connectivity index (χ4v) is 4.79. The molecule has 0 aromatic heterocycles. The van der Waals surface area contributed by atoms with Gasteiger partial charge < -0.3 is 9.47 Å². The van der Waals surface area contributed by atoms with Crippen LogP contribution in [0.5, 0.6) is 11.5 Å². The smallest absolute Gasteiger partial charge is 0.198 e. The molecule has 5 heteroatoms. The highest BCUT2D eigenvalue weighted by Crippen LogP contribution is 2.53. The fraction of sp³-hybridized carbons (Fsp3) is 0.435. The SMILES string of the molecule is CCOc1cccc2c1OC1(CCCCC1)N1N=C(c3ccc(F)cc3)C[C@H]21. The van der Waals surface area contributed by atoms with Crippen LogP contribution in [0.15, 0.2) is 47.6 Å². The van der Waals surface area contributed by atoms with Gasteiger partial charge in [0.25, 0.3) is 0 Å². The summed E-state index contributed by atoms with van der Waals surface area (Å²) in [7, 11) is 0. The van der Waals surface area contributed by atoms with Crippen LogP contribution in [-0.4, -0.2) is 23.1 Å². The van der Waals surface area contributed by atoms with Gasteiger partial charge in [0.05, 0.1) is 18.4 Å². The number of hydrazone groups is 1. The second kappa shape index (κ2) is 6.80. The minimum Gasteiger partial charge on any atom is -0.490 e. The normalized spacial score (nSPS) is 22.3. The minimum atomic E-state index is -0.412. The molecule has 2 aromatic carbocycles. The Morgan fingerprint density at radius 2 is 1.93 bits per heavy atom. The van der Waals surface area contributed by atoms with E-state index in [2.05, 4.69) is 11.1 Å². The molecule has 1 atom stereocenters. The Labute approximate surface area is 165 Å². The van der Waals surface area contributed by atoms with Crippen molar-refractivity contribution in [2.45, 2.75) is 57.2 Å². The lowest BCUT2D eigenvalue weighted by molar-refractivity contribution is -0.141. The van der Waals surface area contributed by atoms with Gasteiger partial charge in [-0.25, -0.2) is 9.40 Å². The highest BCUT2D eigenvalue weighted by atomic mass is 19.1. The highest BCUT2D eigenvalue weighted by Gasteiger charge is 2.51. The molecule has 0 unspecified atom stereocenters. The first-order valence-corrected chi connectivity index (χ1v) is 10.3. The number of fused-ring (bicyclic) bond motifs is 4. The Hall–Kier alpha value is -2.56. The third-order valence-corrected chi connectivity index (χ3v) is 6.10. The zero-order valence-electron chi connectivity index (χ0n) is 16.2. The molecular weight excluding hydrogens is 355 g/mol. The average Bonchev–Trinajstić information content (AvgIpc) is 3.17. The van der Waals surface area contributed by atoms with E-state index in [1.165, 1.54) is 18.6 Å². The molecule has 5 rings (SSSR count). The van der Waals surface area contributed by atoms with Crippen molar-refractivity contribution in [2.75, 3.05) is 6.61 Å². The van der Waals surface area contributed by atoms with Gasteiger partial charge in [-0.05, 0) is 43.5 Å². The third kappa shape index (κ3) is 2.76. The van der Waals surface area contributed by atoms with Crippen LogP contribution in [0.25, 0.3) is 0 Å². The van der Waals surface area contributed by atoms with E-state index in [0.29, 0.717) is 6.61 Å². The average molecular weight is 380 g/mol. The van der Waals surface area contributed by atoms with Crippen LogP contribution in [0, 0.1) is 5.82 Å². The van der Waals surface area contributed by atoms with Crippen LogP contribution in [0.1, 0.15) is 62.6 Å². The lowest BCUT2D eigenvalue weighted by Gasteiger charge is -2.49. The second-order valence-electron chi connectivity index (χ2n) is 7.83. The van der Waals surface area contributed by atoms with E-state index in [1.807, 2.05) is 31.2 Å². The molecule has 0 radical (unpaired) electrons. The molecule has 1 fully saturated rings. The third-order valence-electron chi connectivity index (χ3n) is 6.10. The van der Waals surface area contributed by atoms with Gasteiger partial charge in [-0.2, -0.15) is 5.10 Å². The van der Waals surface area contributed by atoms with E-state index in [4.69, 9.17) is 14.6 Å². The van der Waals surface area contributed by atoms with Crippen molar-refractivity contribution < 1.29 is 13.9 Å². The molecule has 0 bridgehead atoms. The van der Waals surface area contributed by atoms with Gasteiger partial charge in [0.15, 0.2) is 17.2 Å². The summed E-state index contributed by atoms with van der Waals surface area (Å²) < 4.78 is 26.0. The Morgan fingerprint density at radius 3 is 2.68 bits per heavy atom. The first-order valence-electron chi connectivity index (χ1n) is 10.3. The molecule has 0 amide bonds. The van der Waals surface area contributed by atoms with Gasteiger partial charge in [0.2, 0.25) is 0 Å². The van der Waals surface area contributed by atoms with Crippen molar-refractivity contribution in [3.8, 4) is 11.5 Å². The molecule has 3 aliphatic rings. The molecule has 2 aromatic rings. The Bertz CT molecular complexity index is 903. The molecule has 28 heavy (non-hydrogen) atoms. The van der Waals surface area contributed by atoms with Crippen LogP contribution >= 0.6 is 0 Å². The van der Waals surface area contributed by atoms with Crippen LogP contribution in [0.3, 0.4) is 0 Å². The van der Waals surface area contributed by atoms with Crippen LogP contribution in [-0.2, 0) is 0 Å². The van der Waals surface area contributed by atoms with Crippen molar-refractivity contribution >= 4 is 5.71 Å². The molecule has 4 nitrogen and oxygen atoms in total. The quantitative estimate of drug-likeness (QED) is 0.712. The van der Waals surface area contributed by atoms with Crippen molar-refractivity contribution in [3.63, 3.8) is 0 Å². The number of hydrogen-bond donors (Lipinski definition) is 0. The maximum absolute atomic E-state index is 13.4. The summed E-state index contributed by atoms with van der Waals surface area (Å²) in [5.41, 5.74) is 2.69. The summed E-state index contributed by atoms with van der Waals surface area (Å²) in [5, 5.41) is 7.22. The molecule has 0 N–H and O–H groups in total. The van der Waals surface area contributed by atoms with Crippen molar-refractivity contribution in [3.05, 3.63) is 59.4 Å². The molecule has 0 saturated heterocycles. The Kier molecular flexibility index (Phi) is 4.26. The molecule has 2 heterocycles. The van der Waals surface area contributed by atoms with Crippen LogP contribution in [0.4, 0.5) is 4.39 Å². The Balaban J connectivity index is 1.59. The number of benzene rings is 2. The molecule has 1 spiro atoms. The zero-order valence-corrected chi connectivity index (χ0v) is 16.2. The van der Waals surface area contributed by atoms with E-state index < -0.39 is 5.72 Å². The highest BCUT2D eigenvalue weighted by molar-refractivity contribution is 6.02. The molecule has 146 valence electrons. The van der Waals surface area contributed by atoms with Crippen molar-refractivity contribution in [1.29, 1.82) is 0 Å². The van der Waals surface area contributed by atoms with Gasteiger partial charge in [-0.15, -0.1) is 0 Å². The van der Waals surface area contributed by atoms with Crippen LogP contribution < -0.4 is 9.47 Å². The first kappa shape index (κ1) is 17.5. The standard InChI is InChI=1S/C23H25FN2O2/c1-2-27-21-8-6-7-18-20-15-19(16-9-11-17(24)12-10-16)25-26(20)23(28-22(18)21)13-4-3-5-14-23/h6-12,20H,2-5,13-15H2,1H3/t20-/m1/s1. The molecule has 1 aliphatic carbocycles. The number of nitrogens with zero attached hydrogens (tertiary/aromatic N) is 2. The number of ether oxygens (including phenoxy) is 2. The van der Waals surface area contributed by atoms with Crippen molar-refractivity contribution in [2.24, 2.45) is 5.10 Å². The summed E-state index contributed by atoms with van der Waals surface area (Å²) in [5.74, 6) is 1.47. The maximum Gasteiger partial charge on any atom is 0.198 e. The predicted octanol–water partition coefficient (Wildman–Crippen LogP) is 5.43. The predicted molar refractivity (Wildman–Crippen MR) is 106 cm³/mol. The molecule has 2 aliphatic heterocycles. The number of halogens is 1.